The number of alkyl halides is 7. The number of hydrogen-bond acceptors (Lipinski definition) is 1. The van der Waals surface area contributed by atoms with E-state index in [0.29, 0.717) is 53.8 Å². The topological polar surface area (TPSA) is 20.2 Å². The Hall–Kier alpha value is -0.790. The number of aliphatic hydroxyl groups excluding tert-OH is 1. The number of fused-ring (bicyclic) bond motifs is 5. The van der Waals surface area contributed by atoms with Crippen molar-refractivity contribution in [2.24, 2.45) is 46.3 Å². The molecule has 8 heteroatoms. The van der Waals surface area contributed by atoms with Gasteiger partial charge in [-0.2, -0.15) is 30.7 Å². The summed E-state index contributed by atoms with van der Waals surface area (Å²) in [5.74, 6) is -7.67. The van der Waals surface area contributed by atoms with E-state index in [0.717, 1.165) is 31.8 Å². The Labute approximate surface area is 216 Å². The molecule has 0 saturated heterocycles. The van der Waals surface area contributed by atoms with Gasteiger partial charge < -0.3 is 5.11 Å². The van der Waals surface area contributed by atoms with Crippen LogP contribution < -0.4 is 0 Å². The maximum absolute atomic E-state index is 13.5. The fraction of sp³-hybridized carbons (Fsp3) is 0.931. The zero-order valence-corrected chi connectivity index (χ0v) is 22.3. The van der Waals surface area contributed by atoms with E-state index in [9.17, 15) is 35.8 Å². The molecule has 37 heavy (non-hydrogen) atoms. The van der Waals surface area contributed by atoms with Crippen LogP contribution in [0.1, 0.15) is 97.8 Å². The van der Waals surface area contributed by atoms with Crippen molar-refractivity contribution < 1.29 is 35.8 Å². The summed E-state index contributed by atoms with van der Waals surface area (Å²) in [5.41, 5.74) is 0.548. The summed E-state index contributed by atoms with van der Waals surface area (Å²) < 4.78 is 90.1. The van der Waals surface area contributed by atoms with E-state index in [1.165, 1.54) is 38.2 Å². The normalized spacial score (nSPS) is 41.8. The first-order valence-electron chi connectivity index (χ1n) is 14.2. The van der Waals surface area contributed by atoms with E-state index in [2.05, 4.69) is 20.8 Å². The lowest BCUT2D eigenvalue weighted by molar-refractivity contribution is -0.353. The van der Waals surface area contributed by atoms with E-state index in [-0.39, 0.29) is 11.5 Å². The Bertz CT molecular complexity index is 839. The number of halogens is 7. The lowest BCUT2D eigenvalue weighted by Crippen LogP contribution is -2.54. The fourth-order valence-corrected chi connectivity index (χ4v) is 9.46. The third kappa shape index (κ3) is 4.99. The molecule has 4 saturated carbocycles. The van der Waals surface area contributed by atoms with E-state index >= 15 is 0 Å². The van der Waals surface area contributed by atoms with Gasteiger partial charge >= 0.3 is 18.0 Å². The van der Waals surface area contributed by atoms with E-state index in [1.54, 1.807) is 0 Å². The Balaban J connectivity index is 1.33. The summed E-state index contributed by atoms with van der Waals surface area (Å²) in [6.45, 7) is 7.07. The van der Waals surface area contributed by atoms with Crippen LogP contribution in [0.4, 0.5) is 30.7 Å². The van der Waals surface area contributed by atoms with Gasteiger partial charge in [-0.1, -0.05) is 32.9 Å². The molecule has 0 radical (unpaired) electrons. The number of aliphatic hydroxyl groups is 1. The second kappa shape index (κ2) is 9.99. The summed E-state index contributed by atoms with van der Waals surface area (Å²) in [6, 6.07) is 0. The molecule has 1 N–H and O–H groups in total. The van der Waals surface area contributed by atoms with Crippen LogP contribution in [-0.2, 0) is 0 Å². The first-order chi connectivity index (χ1) is 17.0. The highest BCUT2D eigenvalue weighted by atomic mass is 19.4. The third-order valence-electron chi connectivity index (χ3n) is 11.5. The molecule has 0 aliphatic heterocycles. The van der Waals surface area contributed by atoms with Gasteiger partial charge in [-0.15, -0.1) is 0 Å². The van der Waals surface area contributed by atoms with Crippen molar-refractivity contribution in [3.63, 3.8) is 0 Å². The van der Waals surface area contributed by atoms with Gasteiger partial charge in [0.2, 0.25) is 0 Å². The smallest absolute Gasteiger partial charge is 0.393 e. The Kier molecular flexibility index (Phi) is 7.89. The van der Waals surface area contributed by atoms with Gasteiger partial charge in [-0.05, 0) is 117 Å². The average molecular weight is 541 g/mol. The summed E-state index contributed by atoms with van der Waals surface area (Å²) >= 11 is 0. The van der Waals surface area contributed by atoms with Crippen molar-refractivity contribution >= 4 is 0 Å². The predicted octanol–water partition coefficient (Wildman–Crippen LogP) is 9.20. The summed E-state index contributed by atoms with van der Waals surface area (Å²) in [4.78, 5) is 0. The molecule has 0 amide bonds. The van der Waals surface area contributed by atoms with Gasteiger partial charge in [0.1, 0.15) is 0 Å². The van der Waals surface area contributed by atoms with Gasteiger partial charge in [-0.3, -0.25) is 0 Å². The number of hydrogen-bond donors (Lipinski definition) is 1. The minimum absolute atomic E-state index is 0.151. The maximum Gasteiger partial charge on any atom is 0.459 e. The number of allylic oxidation sites excluding steroid dienone is 2. The number of rotatable bonds is 7. The van der Waals surface area contributed by atoms with Crippen molar-refractivity contribution in [3.05, 3.63) is 12.2 Å². The van der Waals surface area contributed by atoms with E-state index in [1.807, 2.05) is 0 Å². The molecule has 4 aliphatic carbocycles. The summed E-state index contributed by atoms with van der Waals surface area (Å²) in [5, 5.41) is 10.2. The fourth-order valence-electron chi connectivity index (χ4n) is 9.46. The zero-order chi connectivity index (χ0) is 27.4. The van der Waals surface area contributed by atoms with Crippen LogP contribution in [0.15, 0.2) is 12.2 Å². The van der Waals surface area contributed by atoms with Crippen LogP contribution in [0, 0.1) is 46.3 Å². The second-order valence-corrected chi connectivity index (χ2v) is 13.3. The molecule has 0 aromatic carbocycles. The van der Waals surface area contributed by atoms with E-state index in [4.69, 9.17) is 0 Å². The lowest BCUT2D eigenvalue weighted by atomic mass is 9.44. The largest absolute Gasteiger partial charge is 0.459 e. The molecule has 0 bridgehead atoms. The van der Waals surface area contributed by atoms with Crippen molar-refractivity contribution in [1.29, 1.82) is 0 Å². The van der Waals surface area contributed by atoms with Crippen molar-refractivity contribution in [2.45, 2.75) is 122 Å². The van der Waals surface area contributed by atoms with Crippen LogP contribution in [0.25, 0.3) is 0 Å². The van der Waals surface area contributed by atoms with Gasteiger partial charge in [0.05, 0.1) is 6.10 Å². The van der Waals surface area contributed by atoms with Crippen molar-refractivity contribution in [2.75, 3.05) is 0 Å². The molecule has 214 valence electrons. The molecule has 1 nitrogen and oxygen atoms in total. The van der Waals surface area contributed by atoms with Crippen LogP contribution >= 0.6 is 0 Å². The van der Waals surface area contributed by atoms with Crippen LogP contribution in [0.3, 0.4) is 0 Å². The van der Waals surface area contributed by atoms with Gasteiger partial charge in [0.25, 0.3) is 0 Å². The first-order valence-corrected chi connectivity index (χ1v) is 14.2. The highest BCUT2D eigenvalue weighted by Crippen LogP contribution is 2.68. The lowest BCUT2D eigenvalue weighted by Gasteiger charge is -2.61. The quantitative estimate of drug-likeness (QED) is 0.252. The molecule has 0 unspecified atom stereocenters. The van der Waals surface area contributed by atoms with Gasteiger partial charge in [0.15, 0.2) is 0 Å². The van der Waals surface area contributed by atoms with E-state index < -0.39 is 24.4 Å². The highest BCUT2D eigenvalue weighted by molar-refractivity contribution is 5.10. The Morgan fingerprint density at radius 1 is 0.838 bits per heavy atom. The maximum atomic E-state index is 13.5. The van der Waals surface area contributed by atoms with Crippen LogP contribution in [0.5, 0.6) is 0 Å². The van der Waals surface area contributed by atoms with Crippen LogP contribution in [-0.4, -0.2) is 29.2 Å². The zero-order valence-electron chi connectivity index (χ0n) is 22.3. The standard InChI is InChI=1S/C29H43F7O/c1-18(7-5-4-6-14-27(30,31)28(32,33)29(34,35)36)22-10-11-23-21-9-8-19-17-20(37)12-15-25(19,2)24(21)13-16-26(22,23)3/h4,6,18-24,37H,5,7-17H2,1-3H3/b6-4+/t18-,19-,20-,21+,22-,23+,24+,25+,26-/m1/s1. The molecule has 4 aliphatic rings. The average Bonchev–Trinajstić information content (AvgIpc) is 3.15. The molecule has 4 rings (SSSR count). The van der Waals surface area contributed by atoms with Gasteiger partial charge in [0, 0.05) is 6.42 Å². The molecule has 9 atom stereocenters. The minimum Gasteiger partial charge on any atom is -0.393 e. The molecule has 0 heterocycles. The molecule has 0 aromatic rings. The summed E-state index contributed by atoms with van der Waals surface area (Å²) in [7, 11) is 0. The molecular formula is C29H43F7O. The first kappa shape index (κ1) is 29.2. The summed E-state index contributed by atoms with van der Waals surface area (Å²) in [6.07, 6.45) is 5.26. The SMILES string of the molecule is C[C@H](CC/C=C/CC(F)(F)C(F)(F)C(F)(F)F)[C@H]1CC[C@H]2[C@@H]3CC[C@@H]4C[C@H](O)CC[C@]4(C)[C@H]3CC[C@]12C. The molecule has 0 spiro atoms. The third-order valence-corrected chi connectivity index (χ3v) is 11.5. The molecular weight excluding hydrogens is 497 g/mol. The Morgan fingerprint density at radius 3 is 2.16 bits per heavy atom. The second-order valence-electron chi connectivity index (χ2n) is 13.3. The van der Waals surface area contributed by atoms with Crippen molar-refractivity contribution in [3.8, 4) is 0 Å². The van der Waals surface area contributed by atoms with Crippen LogP contribution in [0.2, 0.25) is 0 Å². The minimum atomic E-state index is -6.28. The highest BCUT2D eigenvalue weighted by Gasteiger charge is 2.72. The van der Waals surface area contributed by atoms with Gasteiger partial charge in [-0.25, -0.2) is 0 Å². The molecule has 0 aromatic heterocycles. The predicted molar refractivity (Wildman–Crippen MR) is 129 cm³/mol. The Morgan fingerprint density at radius 2 is 1.49 bits per heavy atom. The van der Waals surface area contributed by atoms with Crippen molar-refractivity contribution in [1.82, 2.24) is 0 Å². The molecule has 4 fully saturated rings. The monoisotopic (exact) mass is 540 g/mol.